The third-order valence-corrected chi connectivity index (χ3v) is 5.95. The number of anilines is 3. The average Bonchev–Trinajstić information content (AvgIpc) is 3.16. The van der Waals surface area contributed by atoms with E-state index in [4.69, 9.17) is 16.3 Å². The monoisotopic (exact) mass is 547 g/mol. The second-order valence-electron chi connectivity index (χ2n) is 8.13. The molecule has 0 aliphatic carbocycles. The summed E-state index contributed by atoms with van der Waals surface area (Å²) in [5.41, 5.74) is 1.55. The predicted octanol–water partition coefficient (Wildman–Crippen LogP) is 4.34. The molecule has 1 aliphatic rings. The number of amides is 3. The molecule has 1 heterocycles. The fourth-order valence-electron chi connectivity index (χ4n) is 3.73. The van der Waals surface area contributed by atoms with Crippen LogP contribution in [-0.2, 0) is 19.1 Å². The second-order valence-corrected chi connectivity index (χ2v) is 8.51. The van der Waals surface area contributed by atoms with Gasteiger partial charge in [-0.25, -0.2) is 14.5 Å². The van der Waals surface area contributed by atoms with Crippen molar-refractivity contribution < 1.29 is 33.4 Å². The van der Waals surface area contributed by atoms with Crippen LogP contribution in [0.5, 0.6) is 0 Å². The zero-order valence-electron chi connectivity index (χ0n) is 20.8. The van der Waals surface area contributed by atoms with Gasteiger partial charge in [-0.3, -0.25) is 14.4 Å². The van der Waals surface area contributed by atoms with Crippen LogP contribution in [0.2, 0.25) is 0 Å². The predicted molar refractivity (Wildman–Crippen MR) is 144 cm³/mol. The summed E-state index contributed by atoms with van der Waals surface area (Å²) in [6.07, 6.45) is 0. The van der Waals surface area contributed by atoms with Gasteiger partial charge in [0.15, 0.2) is 0 Å². The normalized spacial score (nSPS) is 12.8. The smallest absolute Gasteiger partial charge is 0.338 e. The van der Waals surface area contributed by atoms with Crippen molar-refractivity contribution in [3.63, 3.8) is 0 Å². The first-order chi connectivity index (χ1) is 18.7. The van der Waals surface area contributed by atoms with E-state index in [-0.39, 0.29) is 34.2 Å². The molecular formula is C28H22ClN3O7. The van der Waals surface area contributed by atoms with E-state index in [1.54, 1.807) is 43.3 Å². The van der Waals surface area contributed by atoms with E-state index in [1.807, 2.05) is 0 Å². The SMILES string of the molecule is CCOC(=O)c1cccc(NC(=O)c2cccc(NC3=C(Cl)C(=O)N(c4ccc(C(=O)OC)cc4)C3=O)c2)c1. The molecule has 39 heavy (non-hydrogen) atoms. The molecule has 0 fully saturated rings. The number of methoxy groups -OCH3 is 1. The highest BCUT2D eigenvalue weighted by Gasteiger charge is 2.39. The van der Waals surface area contributed by atoms with Crippen molar-refractivity contribution >= 4 is 58.3 Å². The first-order valence-electron chi connectivity index (χ1n) is 11.7. The molecule has 0 spiro atoms. The van der Waals surface area contributed by atoms with Crippen molar-refractivity contribution in [2.45, 2.75) is 6.92 Å². The fourth-order valence-corrected chi connectivity index (χ4v) is 3.95. The van der Waals surface area contributed by atoms with E-state index in [0.29, 0.717) is 16.9 Å². The highest BCUT2D eigenvalue weighted by molar-refractivity contribution is 6.53. The van der Waals surface area contributed by atoms with E-state index in [9.17, 15) is 24.0 Å². The van der Waals surface area contributed by atoms with Crippen molar-refractivity contribution in [2.24, 2.45) is 0 Å². The van der Waals surface area contributed by atoms with Gasteiger partial charge >= 0.3 is 11.9 Å². The highest BCUT2D eigenvalue weighted by atomic mass is 35.5. The molecule has 10 nitrogen and oxygen atoms in total. The van der Waals surface area contributed by atoms with Crippen molar-refractivity contribution in [2.75, 3.05) is 29.3 Å². The second kappa shape index (κ2) is 11.6. The van der Waals surface area contributed by atoms with Gasteiger partial charge in [-0.15, -0.1) is 0 Å². The van der Waals surface area contributed by atoms with Gasteiger partial charge in [-0.2, -0.15) is 0 Å². The van der Waals surface area contributed by atoms with Crippen LogP contribution in [0.15, 0.2) is 83.5 Å². The Hall–Kier alpha value is -4.96. The van der Waals surface area contributed by atoms with Gasteiger partial charge in [0.05, 0.1) is 30.5 Å². The molecule has 0 unspecified atom stereocenters. The Morgan fingerprint density at radius 2 is 1.46 bits per heavy atom. The Morgan fingerprint density at radius 1 is 0.821 bits per heavy atom. The standard InChI is InChI=1S/C28H22ClN3O7/c1-3-39-28(37)18-7-5-9-20(15-18)31-24(33)17-6-4-8-19(14-17)30-23-22(29)25(34)32(26(23)35)21-12-10-16(11-13-21)27(36)38-2/h4-15,30H,3H2,1-2H3,(H,31,33). The molecule has 3 aromatic rings. The van der Waals surface area contributed by atoms with Crippen LogP contribution in [-0.4, -0.2) is 43.4 Å². The van der Waals surface area contributed by atoms with Gasteiger partial charge in [-0.1, -0.05) is 23.7 Å². The lowest BCUT2D eigenvalue weighted by Crippen LogP contribution is -2.32. The molecule has 0 bridgehead atoms. The van der Waals surface area contributed by atoms with Crippen LogP contribution in [0.25, 0.3) is 0 Å². The molecule has 11 heteroatoms. The van der Waals surface area contributed by atoms with E-state index in [0.717, 1.165) is 4.90 Å². The Labute approximate surface area is 228 Å². The Morgan fingerprint density at radius 3 is 2.13 bits per heavy atom. The topological polar surface area (TPSA) is 131 Å². The molecule has 1 aliphatic heterocycles. The number of esters is 2. The molecule has 198 valence electrons. The highest BCUT2D eigenvalue weighted by Crippen LogP contribution is 2.30. The summed E-state index contributed by atoms with van der Waals surface area (Å²) in [4.78, 5) is 63.3. The van der Waals surface area contributed by atoms with Crippen molar-refractivity contribution in [3.05, 3.63) is 100 Å². The number of carbonyl (C=O) groups is 5. The molecule has 3 amide bonds. The molecule has 0 radical (unpaired) electrons. The van der Waals surface area contributed by atoms with Gasteiger partial charge in [0.1, 0.15) is 10.7 Å². The van der Waals surface area contributed by atoms with Crippen LogP contribution in [0.3, 0.4) is 0 Å². The summed E-state index contributed by atoms with van der Waals surface area (Å²) in [6.45, 7) is 1.92. The minimum Gasteiger partial charge on any atom is -0.465 e. The maximum absolute atomic E-state index is 13.1. The average molecular weight is 548 g/mol. The zero-order valence-corrected chi connectivity index (χ0v) is 21.6. The quantitative estimate of drug-likeness (QED) is 0.314. The molecule has 0 atom stereocenters. The van der Waals surface area contributed by atoms with Gasteiger partial charge in [0.25, 0.3) is 17.7 Å². The van der Waals surface area contributed by atoms with E-state index in [2.05, 4.69) is 15.4 Å². The summed E-state index contributed by atoms with van der Waals surface area (Å²) in [5, 5.41) is 5.21. The third kappa shape index (κ3) is 5.81. The summed E-state index contributed by atoms with van der Waals surface area (Å²) < 4.78 is 9.64. The van der Waals surface area contributed by atoms with Crippen LogP contribution in [0.4, 0.5) is 17.1 Å². The number of nitrogens with zero attached hydrogens (tertiary/aromatic N) is 1. The summed E-state index contributed by atoms with van der Waals surface area (Å²) in [7, 11) is 1.24. The van der Waals surface area contributed by atoms with Crippen molar-refractivity contribution in [1.82, 2.24) is 0 Å². The fraction of sp³-hybridized carbons (Fsp3) is 0.107. The maximum Gasteiger partial charge on any atom is 0.338 e. The number of halogens is 1. The van der Waals surface area contributed by atoms with Gasteiger partial charge < -0.3 is 20.1 Å². The number of hydrogen-bond acceptors (Lipinski definition) is 8. The van der Waals surface area contributed by atoms with Crippen LogP contribution in [0, 0.1) is 0 Å². The number of benzene rings is 3. The first-order valence-corrected chi connectivity index (χ1v) is 12.0. The van der Waals surface area contributed by atoms with E-state index in [1.165, 1.54) is 43.5 Å². The minimum atomic E-state index is -0.745. The Balaban J connectivity index is 1.49. The molecular weight excluding hydrogens is 526 g/mol. The van der Waals surface area contributed by atoms with Gasteiger partial charge in [-0.05, 0) is 67.6 Å². The van der Waals surface area contributed by atoms with Crippen molar-refractivity contribution in [3.8, 4) is 0 Å². The number of carbonyl (C=O) groups excluding carboxylic acids is 5. The van der Waals surface area contributed by atoms with E-state index >= 15 is 0 Å². The van der Waals surface area contributed by atoms with Gasteiger partial charge in [0, 0.05) is 16.9 Å². The first kappa shape index (κ1) is 27.1. The zero-order chi connectivity index (χ0) is 28.1. The number of imide groups is 1. The Kier molecular flexibility index (Phi) is 8.07. The van der Waals surface area contributed by atoms with E-state index < -0.39 is 29.7 Å². The van der Waals surface area contributed by atoms with Crippen LogP contribution >= 0.6 is 11.6 Å². The Bertz CT molecular complexity index is 1520. The van der Waals surface area contributed by atoms with Crippen LogP contribution in [0.1, 0.15) is 38.0 Å². The number of rotatable bonds is 8. The van der Waals surface area contributed by atoms with Gasteiger partial charge in [0.2, 0.25) is 0 Å². The largest absolute Gasteiger partial charge is 0.465 e. The number of nitrogens with one attached hydrogen (secondary N) is 2. The summed E-state index contributed by atoms with van der Waals surface area (Å²) in [5.74, 6) is -2.99. The number of ether oxygens (including phenoxy) is 2. The molecule has 2 N–H and O–H groups in total. The lowest BCUT2D eigenvalue weighted by molar-refractivity contribution is -0.120. The number of hydrogen-bond donors (Lipinski definition) is 2. The molecule has 3 aromatic carbocycles. The maximum atomic E-state index is 13.1. The molecule has 4 rings (SSSR count). The lowest BCUT2D eigenvalue weighted by atomic mass is 10.1. The van der Waals surface area contributed by atoms with Crippen molar-refractivity contribution in [1.29, 1.82) is 0 Å². The summed E-state index contributed by atoms with van der Waals surface area (Å²) >= 11 is 6.21. The lowest BCUT2D eigenvalue weighted by Gasteiger charge is -2.15. The third-order valence-electron chi connectivity index (χ3n) is 5.60. The minimum absolute atomic E-state index is 0.168. The summed E-state index contributed by atoms with van der Waals surface area (Å²) in [6, 6.07) is 18.2. The molecule has 0 saturated heterocycles. The molecule has 0 saturated carbocycles. The molecule has 0 aromatic heterocycles. The van der Waals surface area contributed by atoms with Crippen LogP contribution < -0.4 is 15.5 Å².